The number of hydrogen-bond acceptors (Lipinski definition) is 4. The molecule has 0 amide bonds. The molecule has 1 aliphatic rings. The minimum atomic E-state index is -0.509. The van der Waals surface area contributed by atoms with E-state index >= 15 is 0 Å². The fourth-order valence-corrected chi connectivity index (χ4v) is 2.74. The first-order chi connectivity index (χ1) is 9.41. The van der Waals surface area contributed by atoms with Crippen molar-refractivity contribution >= 4 is 27.3 Å². The van der Waals surface area contributed by atoms with Crippen LogP contribution in [0.15, 0.2) is 16.6 Å². The summed E-state index contributed by atoms with van der Waals surface area (Å²) < 4.78 is 13.7. The molecule has 1 atom stereocenters. The van der Waals surface area contributed by atoms with Crippen LogP contribution in [-0.4, -0.2) is 24.6 Å². The van der Waals surface area contributed by atoms with Gasteiger partial charge < -0.3 is 10.6 Å². The van der Waals surface area contributed by atoms with E-state index in [4.69, 9.17) is 0 Å². The van der Waals surface area contributed by atoms with E-state index in [-0.39, 0.29) is 21.3 Å². The predicted octanol–water partition coefficient (Wildman–Crippen LogP) is 3.30. The zero-order valence-electron chi connectivity index (χ0n) is 11.2. The van der Waals surface area contributed by atoms with Crippen LogP contribution in [-0.2, 0) is 0 Å². The van der Waals surface area contributed by atoms with Gasteiger partial charge >= 0.3 is 0 Å². The minimum Gasteiger partial charge on any atom is -0.379 e. The van der Waals surface area contributed by atoms with Crippen LogP contribution in [0.4, 0.5) is 15.8 Å². The second kappa shape index (κ2) is 6.05. The van der Waals surface area contributed by atoms with E-state index in [0.29, 0.717) is 6.54 Å². The Balaban J connectivity index is 2.16. The number of piperidine rings is 1. The van der Waals surface area contributed by atoms with Crippen LogP contribution in [0, 0.1) is 21.3 Å². The van der Waals surface area contributed by atoms with Gasteiger partial charge in [-0.05, 0) is 40.7 Å². The average molecular weight is 346 g/mol. The van der Waals surface area contributed by atoms with Crippen LogP contribution in [0.1, 0.15) is 19.8 Å². The third-order valence-electron chi connectivity index (χ3n) is 3.63. The topological polar surface area (TPSA) is 67.2 Å². The van der Waals surface area contributed by atoms with E-state index in [9.17, 15) is 14.5 Å². The molecule has 1 unspecified atom stereocenters. The maximum atomic E-state index is 13.6. The van der Waals surface area contributed by atoms with Gasteiger partial charge in [-0.15, -0.1) is 0 Å². The van der Waals surface area contributed by atoms with Crippen molar-refractivity contribution < 1.29 is 9.31 Å². The normalized spacial score (nSPS) is 22.6. The number of nitro groups is 1. The second-order valence-electron chi connectivity index (χ2n) is 5.49. The number of nitro benzene ring substituents is 1. The number of halogens is 2. The zero-order chi connectivity index (χ0) is 14.8. The summed E-state index contributed by atoms with van der Waals surface area (Å²) in [5.41, 5.74) is 0.128. The van der Waals surface area contributed by atoms with Crippen LogP contribution in [0.25, 0.3) is 0 Å². The highest BCUT2D eigenvalue weighted by atomic mass is 79.9. The first-order valence-corrected chi connectivity index (χ1v) is 7.29. The molecule has 110 valence electrons. The van der Waals surface area contributed by atoms with Gasteiger partial charge in [-0.1, -0.05) is 6.92 Å². The van der Waals surface area contributed by atoms with Gasteiger partial charge in [-0.3, -0.25) is 10.1 Å². The zero-order valence-corrected chi connectivity index (χ0v) is 12.8. The molecule has 7 heteroatoms. The molecule has 20 heavy (non-hydrogen) atoms. The van der Waals surface area contributed by atoms with Gasteiger partial charge in [0.15, 0.2) is 0 Å². The molecule has 1 aliphatic heterocycles. The molecule has 0 aromatic heterocycles. The Kier molecular flexibility index (Phi) is 4.59. The van der Waals surface area contributed by atoms with Crippen molar-refractivity contribution in [2.75, 3.05) is 25.0 Å². The van der Waals surface area contributed by atoms with Crippen molar-refractivity contribution in [3.63, 3.8) is 0 Å². The Hall–Kier alpha value is -1.21. The van der Waals surface area contributed by atoms with Gasteiger partial charge in [0, 0.05) is 25.2 Å². The molecule has 1 fully saturated rings. The number of hydrogen-bond donors (Lipinski definition) is 2. The number of anilines is 1. The van der Waals surface area contributed by atoms with E-state index in [1.54, 1.807) is 0 Å². The van der Waals surface area contributed by atoms with Crippen LogP contribution in [0.5, 0.6) is 0 Å². The van der Waals surface area contributed by atoms with E-state index in [0.717, 1.165) is 25.9 Å². The maximum absolute atomic E-state index is 13.6. The molecule has 2 N–H and O–H groups in total. The molecule has 5 nitrogen and oxygen atoms in total. The Morgan fingerprint density at radius 1 is 1.60 bits per heavy atom. The van der Waals surface area contributed by atoms with Crippen molar-refractivity contribution in [2.45, 2.75) is 19.8 Å². The van der Waals surface area contributed by atoms with Crippen molar-refractivity contribution in [2.24, 2.45) is 5.41 Å². The SMILES string of the molecule is CC1(CNc2cc(F)c(Br)cc2[N+](=O)[O-])CCCNC1. The number of nitrogens with one attached hydrogen (secondary N) is 2. The summed E-state index contributed by atoms with van der Waals surface area (Å²) in [5.74, 6) is -0.509. The maximum Gasteiger partial charge on any atom is 0.293 e. The minimum absolute atomic E-state index is 0.0235. The predicted molar refractivity (Wildman–Crippen MR) is 79.5 cm³/mol. The summed E-state index contributed by atoms with van der Waals surface area (Å²) in [7, 11) is 0. The largest absolute Gasteiger partial charge is 0.379 e. The van der Waals surface area contributed by atoms with Gasteiger partial charge in [0.1, 0.15) is 11.5 Å². The fourth-order valence-electron chi connectivity index (χ4n) is 2.41. The van der Waals surface area contributed by atoms with E-state index in [2.05, 4.69) is 33.5 Å². The Morgan fingerprint density at radius 2 is 2.35 bits per heavy atom. The van der Waals surface area contributed by atoms with E-state index < -0.39 is 10.7 Å². The lowest BCUT2D eigenvalue weighted by Gasteiger charge is -2.34. The van der Waals surface area contributed by atoms with Crippen molar-refractivity contribution in [1.82, 2.24) is 5.32 Å². The molecule has 0 aliphatic carbocycles. The Labute approximate surface area is 125 Å². The van der Waals surface area contributed by atoms with Crippen LogP contribution in [0.3, 0.4) is 0 Å². The molecule has 1 saturated heterocycles. The summed E-state index contributed by atoms with van der Waals surface area (Å²) >= 11 is 2.97. The Morgan fingerprint density at radius 3 is 2.95 bits per heavy atom. The lowest BCUT2D eigenvalue weighted by molar-refractivity contribution is -0.384. The standard InChI is InChI=1S/C13H17BrFN3O2/c1-13(3-2-4-16-7-13)8-17-11-6-10(15)9(14)5-12(11)18(19)20/h5-6,16-17H,2-4,7-8H2,1H3. The van der Waals surface area contributed by atoms with Gasteiger partial charge in [-0.25, -0.2) is 4.39 Å². The van der Waals surface area contributed by atoms with Crippen LogP contribution < -0.4 is 10.6 Å². The molecule has 2 rings (SSSR count). The van der Waals surface area contributed by atoms with Crippen molar-refractivity contribution in [1.29, 1.82) is 0 Å². The molecule has 0 radical (unpaired) electrons. The molecule has 1 aromatic carbocycles. The molecular formula is C13H17BrFN3O2. The highest BCUT2D eigenvalue weighted by Crippen LogP contribution is 2.32. The molecule has 0 bridgehead atoms. The summed E-state index contributed by atoms with van der Waals surface area (Å²) in [6.07, 6.45) is 2.12. The average Bonchev–Trinajstić information content (AvgIpc) is 2.40. The molecular weight excluding hydrogens is 329 g/mol. The third-order valence-corrected chi connectivity index (χ3v) is 4.23. The number of nitrogens with zero attached hydrogens (tertiary/aromatic N) is 1. The first-order valence-electron chi connectivity index (χ1n) is 6.49. The first kappa shape index (κ1) is 15.2. The second-order valence-corrected chi connectivity index (χ2v) is 6.34. The lowest BCUT2D eigenvalue weighted by atomic mass is 9.83. The smallest absolute Gasteiger partial charge is 0.293 e. The summed E-state index contributed by atoms with van der Waals surface area (Å²) in [6.45, 7) is 4.55. The third kappa shape index (κ3) is 3.46. The fraction of sp³-hybridized carbons (Fsp3) is 0.538. The summed E-state index contributed by atoms with van der Waals surface area (Å²) in [6, 6.07) is 2.36. The quantitative estimate of drug-likeness (QED) is 0.649. The lowest BCUT2D eigenvalue weighted by Crippen LogP contribution is -2.42. The van der Waals surface area contributed by atoms with Gasteiger partial charge in [0.25, 0.3) is 5.69 Å². The number of rotatable bonds is 4. The molecule has 0 spiro atoms. The van der Waals surface area contributed by atoms with Gasteiger partial charge in [0.05, 0.1) is 9.40 Å². The molecule has 1 heterocycles. The van der Waals surface area contributed by atoms with Crippen LogP contribution >= 0.6 is 15.9 Å². The molecule has 0 saturated carbocycles. The summed E-state index contributed by atoms with van der Waals surface area (Å²) in [4.78, 5) is 10.5. The molecule has 1 aromatic rings. The van der Waals surface area contributed by atoms with Crippen molar-refractivity contribution in [3.8, 4) is 0 Å². The van der Waals surface area contributed by atoms with Crippen molar-refractivity contribution in [3.05, 3.63) is 32.5 Å². The van der Waals surface area contributed by atoms with Gasteiger partial charge in [0.2, 0.25) is 0 Å². The number of benzene rings is 1. The van der Waals surface area contributed by atoms with E-state index in [1.807, 2.05) is 0 Å². The Bertz CT molecular complexity index is 519. The van der Waals surface area contributed by atoms with E-state index in [1.165, 1.54) is 12.1 Å². The highest BCUT2D eigenvalue weighted by molar-refractivity contribution is 9.10. The highest BCUT2D eigenvalue weighted by Gasteiger charge is 2.27. The summed E-state index contributed by atoms with van der Waals surface area (Å²) in [5, 5.41) is 17.4. The van der Waals surface area contributed by atoms with Gasteiger partial charge in [-0.2, -0.15) is 0 Å². The van der Waals surface area contributed by atoms with Crippen LogP contribution in [0.2, 0.25) is 0 Å². The monoisotopic (exact) mass is 345 g/mol.